The SMILES string of the molecule is COC(=O)C(C#N)C(C)(C)C. The number of nitrogens with zero attached hydrogens (tertiary/aromatic N) is 1. The van der Waals surface area contributed by atoms with Crippen LogP contribution >= 0.6 is 0 Å². The number of ether oxygens (including phenoxy) is 1. The molecule has 0 N–H and O–H groups in total. The summed E-state index contributed by atoms with van der Waals surface area (Å²) in [6.45, 7) is 5.49. The molecule has 11 heavy (non-hydrogen) atoms. The summed E-state index contributed by atoms with van der Waals surface area (Å²) >= 11 is 0. The highest BCUT2D eigenvalue weighted by atomic mass is 16.5. The summed E-state index contributed by atoms with van der Waals surface area (Å²) in [7, 11) is 1.29. The zero-order valence-electron chi connectivity index (χ0n) is 7.34. The van der Waals surface area contributed by atoms with Crippen molar-refractivity contribution in [1.29, 1.82) is 5.26 Å². The van der Waals surface area contributed by atoms with E-state index in [9.17, 15) is 4.79 Å². The molecule has 0 bridgehead atoms. The second kappa shape index (κ2) is 3.38. The highest BCUT2D eigenvalue weighted by Crippen LogP contribution is 2.25. The molecule has 3 heteroatoms. The van der Waals surface area contributed by atoms with Crippen LogP contribution in [0.5, 0.6) is 0 Å². The predicted octanol–water partition coefficient (Wildman–Crippen LogP) is 1.35. The van der Waals surface area contributed by atoms with Gasteiger partial charge in [0.15, 0.2) is 0 Å². The Kier molecular flexibility index (Phi) is 3.06. The van der Waals surface area contributed by atoms with E-state index in [0.29, 0.717) is 0 Å². The molecule has 0 aliphatic rings. The third kappa shape index (κ3) is 2.58. The van der Waals surface area contributed by atoms with Crippen molar-refractivity contribution in [2.75, 3.05) is 7.11 Å². The average Bonchev–Trinajstić information content (AvgIpc) is 1.86. The van der Waals surface area contributed by atoms with Gasteiger partial charge in [0.1, 0.15) is 5.92 Å². The summed E-state index contributed by atoms with van der Waals surface area (Å²) in [5.41, 5.74) is -0.345. The van der Waals surface area contributed by atoms with Gasteiger partial charge in [0.2, 0.25) is 0 Å². The van der Waals surface area contributed by atoms with Crippen LogP contribution in [0.1, 0.15) is 20.8 Å². The summed E-state index contributed by atoms with van der Waals surface area (Å²) < 4.78 is 4.47. The largest absolute Gasteiger partial charge is 0.468 e. The Balaban J connectivity index is 4.45. The van der Waals surface area contributed by atoms with Crippen molar-refractivity contribution in [2.45, 2.75) is 20.8 Å². The first-order valence-electron chi connectivity index (χ1n) is 3.41. The number of hydrogen-bond donors (Lipinski definition) is 0. The van der Waals surface area contributed by atoms with E-state index in [-0.39, 0.29) is 5.41 Å². The third-order valence-electron chi connectivity index (χ3n) is 1.43. The lowest BCUT2D eigenvalue weighted by molar-refractivity contribution is -0.146. The van der Waals surface area contributed by atoms with Crippen molar-refractivity contribution in [2.24, 2.45) is 11.3 Å². The molecule has 0 saturated carbocycles. The molecule has 0 heterocycles. The number of esters is 1. The van der Waals surface area contributed by atoms with Crippen molar-refractivity contribution in [3.63, 3.8) is 0 Å². The number of carbonyl (C=O) groups excluding carboxylic acids is 1. The van der Waals surface area contributed by atoms with Gasteiger partial charge in [-0.05, 0) is 5.41 Å². The Morgan fingerprint density at radius 2 is 2.00 bits per heavy atom. The topological polar surface area (TPSA) is 50.1 Å². The summed E-state index contributed by atoms with van der Waals surface area (Å²) in [4.78, 5) is 10.9. The lowest BCUT2D eigenvalue weighted by Gasteiger charge is -2.21. The van der Waals surface area contributed by atoms with E-state index in [4.69, 9.17) is 5.26 Å². The molecule has 1 atom stereocenters. The van der Waals surface area contributed by atoms with Crippen LogP contribution in [0.2, 0.25) is 0 Å². The van der Waals surface area contributed by atoms with Gasteiger partial charge >= 0.3 is 5.97 Å². The minimum atomic E-state index is -0.674. The zero-order valence-corrected chi connectivity index (χ0v) is 7.34. The van der Waals surface area contributed by atoms with E-state index >= 15 is 0 Å². The second-order valence-corrected chi connectivity index (χ2v) is 3.45. The van der Waals surface area contributed by atoms with E-state index in [1.54, 1.807) is 0 Å². The molecule has 0 spiro atoms. The van der Waals surface area contributed by atoms with Gasteiger partial charge in [-0.3, -0.25) is 4.79 Å². The fraction of sp³-hybridized carbons (Fsp3) is 0.750. The van der Waals surface area contributed by atoms with Gasteiger partial charge in [0, 0.05) is 0 Å². The van der Waals surface area contributed by atoms with Gasteiger partial charge in [0.05, 0.1) is 13.2 Å². The Bertz CT molecular complexity index is 185. The van der Waals surface area contributed by atoms with Gasteiger partial charge in [0.25, 0.3) is 0 Å². The van der Waals surface area contributed by atoms with E-state index in [2.05, 4.69) is 4.74 Å². The number of carbonyl (C=O) groups is 1. The molecule has 0 aliphatic heterocycles. The van der Waals surface area contributed by atoms with Crippen molar-refractivity contribution in [1.82, 2.24) is 0 Å². The van der Waals surface area contributed by atoms with Crippen molar-refractivity contribution in [3.05, 3.63) is 0 Å². The van der Waals surface area contributed by atoms with E-state index in [0.717, 1.165) is 0 Å². The predicted molar refractivity (Wildman–Crippen MR) is 40.6 cm³/mol. The first kappa shape index (κ1) is 9.96. The minimum Gasteiger partial charge on any atom is -0.468 e. The number of rotatable bonds is 1. The molecule has 0 amide bonds. The standard InChI is InChI=1S/C8H13NO2/c1-8(2,3)6(5-9)7(10)11-4/h6H,1-4H3. The maximum Gasteiger partial charge on any atom is 0.323 e. The lowest BCUT2D eigenvalue weighted by Crippen LogP contribution is -2.28. The average molecular weight is 155 g/mol. The van der Waals surface area contributed by atoms with Crippen LogP contribution in [0.25, 0.3) is 0 Å². The molecule has 0 rings (SSSR count). The Hall–Kier alpha value is -1.04. The molecule has 0 aromatic carbocycles. The van der Waals surface area contributed by atoms with Crippen LogP contribution in [0.4, 0.5) is 0 Å². The van der Waals surface area contributed by atoms with Crippen molar-refractivity contribution < 1.29 is 9.53 Å². The zero-order chi connectivity index (χ0) is 9.07. The van der Waals surface area contributed by atoms with Crippen molar-refractivity contribution >= 4 is 5.97 Å². The number of methoxy groups -OCH3 is 1. The van der Waals surface area contributed by atoms with Crippen LogP contribution in [0, 0.1) is 22.7 Å². The molecule has 3 nitrogen and oxygen atoms in total. The summed E-state index contributed by atoms with van der Waals surface area (Å²) in [5.74, 6) is -1.13. The van der Waals surface area contributed by atoms with E-state index < -0.39 is 11.9 Å². The smallest absolute Gasteiger partial charge is 0.323 e. The first-order chi connectivity index (χ1) is 4.93. The fourth-order valence-corrected chi connectivity index (χ4v) is 0.718. The van der Waals surface area contributed by atoms with Crippen LogP contribution in [0.3, 0.4) is 0 Å². The lowest BCUT2D eigenvalue weighted by atomic mass is 9.82. The molecular formula is C8H13NO2. The third-order valence-corrected chi connectivity index (χ3v) is 1.43. The molecule has 0 aliphatic carbocycles. The Morgan fingerprint density at radius 1 is 1.55 bits per heavy atom. The van der Waals surface area contributed by atoms with Gasteiger partial charge in [-0.25, -0.2) is 0 Å². The molecule has 0 saturated heterocycles. The second-order valence-electron chi connectivity index (χ2n) is 3.45. The summed E-state index contributed by atoms with van der Waals surface area (Å²) in [6, 6.07) is 1.92. The molecule has 0 aromatic rings. The van der Waals surface area contributed by atoms with Crippen molar-refractivity contribution in [3.8, 4) is 6.07 Å². The number of hydrogen-bond acceptors (Lipinski definition) is 3. The van der Waals surface area contributed by atoms with E-state index in [1.165, 1.54) is 7.11 Å². The quantitative estimate of drug-likeness (QED) is 0.537. The van der Waals surface area contributed by atoms with Crippen LogP contribution in [-0.2, 0) is 9.53 Å². The Labute approximate surface area is 67.0 Å². The maximum atomic E-state index is 10.9. The molecular weight excluding hydrogens is 142 g/mol. The molecule has 0 fully saturated rings. The Morgan fingerprint density at radius 3 is 2.09 bits per heavy atom. The monoisotopic (exact) mass is 155 g/mol. The van der Waals surface area contributed by atoms with Gasteiger partial charge in [-0.15, -0.1) is 0 Å². The molecule has 1 unspecified atom stereocenters. The van der Waals surface area contributed by atoms with Crippen LogP contribution in [0.15, 0.2) is 0 Å². The first-order valence-corrected chi connectivity index (χ1v) is 3.41. The van der Waals surface area contributed by atoms with Gasteiger partial charge in [-0.2, -0.15) is 5.26 Å². The minimum absolute atomic E-state index is 0.345. The normalized spacial score (nSPS) is 13.4. The fourth-order valence-electron chi connectivity index (χ4n) is 0.718. The molecule has 0 aromatic heterocycles. The summed E-state index contributed by atoms with van der Waals surface area (Å²) in [6.07, 6.45) is 0. The highest BCUT2D eigenvalue weighted by molar-refractivity contribution is 5.75. The van der Waals surface area contributed by atoms with Crippen LogP contribution < -0.4 is 0 Å². The summed E-state index contributed by atoms with van der Waals surface area (Å²) in [5, 5.41) is 8.61. The maximum absolute atomic E-state index is 10.9. The van der Waals surface area contributed by atoms with E-state index in [1.807, 2.05) is 26.8 Å². The highest BCUT2D eigenvalue weighted by Gasteiger charge is 2.31. The van der Waals surface area contributed by atoms with Crippen LogP contribution in [-0.4, -0.2) is 13.1 Å². The molecule has 62 valence electrons. The molecule has 0 radical (unpaired) electrons. The number of nitriles is 1. The van der Waals surface area contributed by atoms with Gasteiger partial charge in [-0.1, -0.05) is 20.8 Å². The van der Waals surface area contributed by atoms with Gasteiger partial charge < -0.3 is 4.74 Å².